The van der Waals surface area contributed by atoms with Crippen LogP contribution in [0.2, 0.25) is 0 Å². The number of ether oxygens (including phenoxy) is 1. The Bertz CT molecular complexity index is 588. The summed E-state index contributed by atoms with van der Waals surface area (Å²) in [6.07, 6.45) is 0. The van der Waals surface area contributed by atoms with Gasteiger partial charge in [-0.05, 0) is 37.7 Å². The lowest BCUT2D eigenvalue weighted by Crippen LogP contribution is -2.18. The van der Waals surface area contributed by atoms with E-state index in [2.05, 4.69) is 21.2 Å². The molecular weight excluding hydrogens is 321 g/mol. The summed E-state index contributed by atoms with van der Waals surface area (Å²) in [6.45, 7) is 4.82. The van der Waals surface area contributed by atoms with Crippen molar-refractivity contribution in [1.82, 2.24) is 5.32 Å². The molecule has 4 heteroatoms. The van der Waals surface area contributed by atoms with Crippen LogP contribution in [0.4, 0.5) is 4.39 Å². The van der Waals surface area contributed by atoms with E-state index >= 15 is 0 Å². The fourth-order valence-electron chi connectivity index (χ4n) is 2.04. The molecule has 0 amide bonds. The number of rotatable bonds is 5. The van der Waals surface area contributed by atoms with Gasteiger partial charge in [0.1, 0.15) is 5.75 Å². The highest BCUT2D eigenvalue weighted by atomic mass is 79.9. The number of benzene rings is 2. The van der Waals surface area contributed by atoms with Crippen molar-refractivity contribution < 1.29 is 9.13 Å². The fraction of sp³-hybridized carbons (Fsp3) is 0.250. The molecule has 0 radical (unpaired) electrons. The molecule has 0 saturated heterocycles. The second-order valence-electron chi connectivity index (χ2n) is 4.50. The van der Waals surface area contributed by atoms with Gasteiger partial charge in [-0.25, -0.2) is 4.39 Å². The van der Waals surface area contributed by atoms with Crippen LogP contribution in [0.25, 0.3) is 0 Å². The molecule has 2 aromatic carbocycles. The topological polar surface area (TPSA) is 21.3 Å². The van der Waals surface area contributed by atoms with E-state index in [4.69, 9.17) is 4.74 Å². The first kappa shape index (κ1) is 15.0. The summed E-state index contributed by atoms with van der Waals surface area (Å²) in [5.74, 6) is 0.528. The highest BCUT2D eigenvalue weighted by molar-refractivity contribution is 9.10. The smallest absolute Gasteiger partial charge is 0.167 e. The molecule has 106 valence electrons. The van der Waals surface area contributed by atoms with E-state index in [-0.39, 0.29) is 17.6 Å². The summed E-state index contributed by atoms with van der Waals surface area (Å²) in [6, 6.07) is 12.4. The first-order valence-corrected chi connectivity index (χ1v) is 7.36. The molecule has 1 atom stereocenters. The van der Waals surface area contributed by atoms with Gasteiger partial charge in [0, 0.05) is 16.1 Å². The fourth-order valence-corrected chi connectivity index (χ4v) is 2.42. The predicted molar refractivity (Wildman–Crippen MR) is 82.7 cm³/mol. The van der Waals surface area contributed by atoms with Crippen molar-refractivity contribution in [1.29, 1.82) is 0 Å². The number of hydrogen-bond acceptors (Lipinski definition) is 2. The van der Waals surface area contributed by atoms with Crippen LogP contribution in [0.3, 0.4) is 0 Å². The Morgan fingerprint density at radius 1 is 1.25 bits per heavy atom. The molecule has 2 nitrogen and oxygen atoms in total. The lowest BCUT2D eigenvalue weighted by atomic mass is 10.1. The zero-order valence-corrected chi connectivity index (χ0v) is 13.1. The van der Waals surface area contributed by atoms with Crippen LogP contribution < -0.4 is 10.1 Å². The molecule has 0 aliphatic heterocycles. The van der Waals surface area contributed by atoms with E-state index < -0.39 is 0 Å². The lowest BCUT2D eigenvalue weighted by molar-refractivity contribution is 0.426. The monoisotopic (exact) mass is 337 g/mol. The van der Waals surface area contributed by atoms with Crippen molar-refractivity contribution in [2.75, 3.05) is 6.54 Å². The van der Waals surface area contributed by atoms with Gasteiger partial charge in [0.15, 0.2) is 11.6 Å². The van der Waals surface area contributed by atoms with Gasteiger partial charge in [0.2, 0.25) is 0 Å². The van der Waals surface area contributed by atoms with Gasteiger partial charge in [-0.15, -0.1) is 0 Å². The highest BCUT2D eigenvalue weighted by Gasteiger charge is 2.15. The Balaban J connectivity index is 2.35. The number of para-hydroxylation sites is 1. The Kier molecular flexibility index (Phi) is 5.15. The highest BCUT2D eigenvalue weighted by Crippen LogP contribution is 2.33. The zero-order valence-electron chi connectivity index (χ0n) is 11.5. The Morgan fingerprint density at radius 3 is 2.70 bits per heavy atom. The molecular formula is C16H17BrFNO. The van der Waals surface area contributed by atoms with Crippen molar-refractivity contribution in [3.8, 4) is 11.5 Å². The van der Waals surface area contributed by atoms with Crippen molar-refractivity contribution in [3.63, 3.8) is 0 Å². The standard InChI is InChI=1S/C16H17BrFNO/c1-3-19-11(2)14-8-5-9-15(18)16(14)20-13-7-4-6-12(17)10-13/h4-11,19H,3H2,1-2H3. The molecule has 0 spiro atoms. The van der Waals surface area contributed by atoms with Crippen molar-refractivity contribution in [2.24, 2.45) is 0 Å². The SMILES string of the molecule is CCNC(C)c1cccc(F)c1Oc1cccc(Br)c1. The van der Waals surface area contributed by atoms with Gasteiger partial charge in [-0.3, -0.25) is 0 Å². The minimum Gasteiger partial charge on any atom is -0.454 e. The van der Waals surface area contributed by atoms with E-state index in [9.17, 15) is 4.39 Å². The molecule has 2 rings (SSSR count). The van der Waals surface area contributed by atoms with Crippen LogP contribution in [0.5, 0.6) is 11.5 Å². The molecule has 0 heterocycles. The van der Waals surface area contributed by atoms with Crippen LogP contribution in [0.1, 0.15) is 25.5 Å². The second-order valence-corrected chi connectivity index (χ2v) is 5.41. The summed E-state index contributed by atoms with van der Waals surface area (Å²) < 4.78 is 20.7. The van der Waals surface area contributed by atoms with Crippen LogP contribution >= 0.6 is 15.9 Å². The first-order valence-electron chi connectivity index (χ1n) is 6.57. The molecule has 1 unspecified atom stereocenters. The molecule has 0 aromatic heterocycles. The van der Waals surface area contributed by atoms with E-state index in [0.29, 0.717) is 5.75 Å². The van der Waals surface area contributed by atoms with Crippen molar-refractivity contribution in [3.05, 3.63) is 58.3 Å². The van der Waals surface area contributed by atoms with E-state index in [0.717, 1.165) is 16.6 Å². The summed E-state index contributed by atoms with van der Waals surface area (Å²) in [7, 11) is 0. The number of nitrogens with one attached hydrogen (secondary N) is 1. The molecule has 0 aliphatic carbocycles. The predicted octanol–water partition coefficient (Wildman–Crippen LogP) is 5.05. The largest absolute Gasteiger partial charge is 0.454 e. The first-order chi connectivity index (χ1) is 9.61. The third kappa shape index (κ3) is 3.58. The summed E-state index contributed by atoms with van der Waals surface area (Å²) >= 11 is 3.38. The van der Waals surface area contributed by atoms with E-state index in [1.807, 2.05) is 38.1 Å². The summed E-state index contributed by atoms with van der Waals surface area (Å²) in [5, 5.41) is 3.27. The van der Waals surface area contributed by atoms with E-state index in [1.54, 1.807) is 12.1 Å². The normalized spacial score (nSPS) is 12.2. The molecule has 0 aliphatic rings. The zero-order chi connectivity index (χ0) is 14.5. The van der Waals surface area contributed by atoms with Crippen LogP contribution in [0, 0.1) is 5.82 Å². The maximum atomic E-state index is 14.1. The average molecular weight is 338 g/mol. The van der Waals surface area contributed by atoms with Crippen LogP contribution in [-0.4, -0.2) is 6.54 Å². The third-order valence-corrected chi connectivity index (χ3v) is 3.48. The lowest BCUT2D eigenvalue weighted by Gasteiger charge is -2.18. The quantitative estimate of drug-likeness (QED) is 0.824. The van der Waals surface area contributed by atoms with Crippen LogP contribution in [0.15, 0.2) is 46.9 Å². The molecule has 1 N–H and O–H groups in total. The maximum absolute atomic E-state index is 14.1. The molecule has 2 aromatic rings. The second kappa shape index (κ2) is 6.86. The van der Waals surface area contributed by atoms with Gasteiger partial charge in [0.25, 0.3) is 0 Å². The minimum absolute atomic E-state index is 0.0258. The minimum atomic E-state index is -0.354. The molecule has 0 saturated carbocycles. The van der Waals surface area contributed by atoms with Gasteiger partial charge in [0.05, 0.1) is 0 Å². The van der Waals surface area contributed by atoms with Crippen molar-refractivity contribution >= 4 is 15.9 Å². The molecule has 20 heavy (non-hydrogen) atoms. The van der Waals surface area contributed by atoms with Gasteiger partial charge < -0.3 is 10.1 Å². The maximum Gasteiger partial charge on any atom is 0.167 e. The number of halogens is 2. The molecule has 0 bridgehead atoms. The van der Waals surface area contributed by atoms with Gasteiger partial charge >= 0.3 is 0 Å². The van der Waals surface area contributed by atoms with Gasteiger partial charge in [-0.2, -0.15) is 0 Å². The summed E-state index contributed by atoms with van der Waals surface area (Å²) in [5.41, 5.74) is 0.812. The van der Waals surface area contributed by atoms with Crippen molar-refractivity contribution in [2.45, 2.75) is 19.9 Å². The van der Waals surface area contributed by atoms with Crippen LogP contribution in [-0.2, 0) is 0 Å². The third-order valence-electron chi connectivity index (χ3n) is 2.99. The Morgan fingerprint density at radius 2 is 2.00 bits per heavy atom. The molecule has 0 fully saturated rings. The summed E-state index contributed by atoms with van der Waals surface area (Å²) in [4.78, 5) is 0. The number of hydrogen-bond donors (Lipinski definition) is 1. The van der Waals surface area contributed by atoms with Gasteiger partial charge in [-0.1, -0.05) is 41.1 Å². The van der Waals surface area contributed by atoms with E-state index in [1.165, 1.54) is 6.07 Å². The Hall–Kier alpha value is -1.39. The Labute approximate surface area is 127 Å². The average Bonchev–Trinajstić information content (AvgIpc) is 2.41.